The smallest absolute Gasteiger partial charge is 0.109 e. The number of nitrogens with zero attached hydrogens (tertiary/aromatic N) is 2. The highest BCUT2D eigenvalue weighted by atomic mass is 15.4. The molecule has 3 heteroatoms. The molecule has 0 radical (unpaired) electrons. The van der Waals surface area contributed by atoms with Crippen LogP contribution in [0.5, 0.6) is 0 Å². The highest BCUT2D eigenvalue weighted by molar-refractivity contribution is 5.53. The monoisotopic (exact) mass is 113 g/mol. The minimum absolute atomic E-state index is 1.58. The van der Waals surface area contributed by atoms with Gasteiger partial charge in [0.15, 0.2) is 0 Å². The molecule has 0 rings (SSSR count). The maximum atomic E-state index is 3.84. The van der Waals surface area contributed by atoms with Gasteiger partial charge in [-0.1, -0.05) is 6.58 Å². The lowest BCUT2D eigenvalue weighted by Crippen LogP contribution is -2.07. The first-order chi connectivity index (χ1) is 3.81. The summed E-state index contributed by atoms with van der Waals surface area (Å²) in [6.45, 7) is 3.50. The highest BCUT2D eigenvalue weighted by Gasteiger charge is 1.74. The van der Waals surface area contributed by atoms with E-state index in [-0.39, 0.29) is 0 Å². The number of hydrogen-bond donors (Lipinski definition) is 1. The third kappa shape index (κ3) is 3.21. The second-order valence-electron chi connectivity index (χ2n) is 1.29. The van der Waals surface area contributed by atoms with Gasteiger partial charge in [-0.3, -0.25) is 5.01 Å². The van der Waals surface area contributed by atoms with Gasteiger partial charge in [0.2, 0.25) is 0 Å². The predicted molar refractivity (Wildman–Crippen MR) is 35.5 cm³/mol. The highest BCUT2D eigenvalue weighted by Crippen LogP contribution is 1.76. The van der Waals surface area contributed by atoms with Gasteiger partial charge in [-0.25, -0.2) is 0 Å². The van der Waals surface area contributed by atoms with Gasteiger partial charge in [0.1, 0.15) is 6.34 Å². The maximum Gasteiger partial charge on any atom is 0.109 e. The minimum atomic E-state index is 1.58. The van der Waals surface area contributed by atoms with E-state index in [1.54, 1.807) is 31.6 Å². The first kappa shape index (κ1) is 7.01. The molecule has 0 fully saturated rings. The van der Waals surface area contributed by atoms with E-state index >= 15 is 0 Å². The summed E-state index contributed by atoms with van der Waals surface area (Å²) < 4.78 is 0. The molecule has 1 N–H and O–H groups in total. The van der Waals surface area contributed by atoms with Crippen molar-refractivity contribution in [1.29, 1.82) is 0 Å². The standard InChI is InChI=1S/C5H11N3/c1-4-8(3)7-5-6-2/h4-5H,1H2,2-3H3,(H,6,7). The Morgan fingerprint density at radius 2 is 2.38 bits per heavy atom. The van der Waals surface area contributed by atoms with Crippen LogP contribution in [0.1, 0.15) is 0 Å². The van der Waals surface area contributed by atoms with Crippen LogP contribution in [-0.2, 0) is 0 Å². The average molecular weight is 113 g/mol. The molecule has 0 saturated heterocycles. The molecular formula is C5H11N3. The third-order valence-corrected chi connectivity index (χ3v) is 0.633. The van der Waals surface area contributed by atoms with Crippen LogP contribution in [0.2, 0.25) is 0 Å². The Morgan fingerprint density at radius 1 is 1.75 bits per heavy atom. The molecule has 0 aromatic heterocycles. The van der Waals surface area contributed by atoms with Crippen molar-refractivity contribution in [2.45, 2.75) is 0 Å². The van der Waals surface area contributed by atoms with Crippen molar-refractivity contribution >= 4 is 6.34 Å². The average Bonchev–Trinajstić information content (AvgIpc) is 1.83. The second-order valence-corrected chi connectivity index (χ2v) is 1.29. The lowest BCUT2D eigenvalue weighted by atomic mass is 10.9. The number of rotatable bonds is 3. The van der Waals surface area contributed by atoms with Gasteiger partial charge in [0, 0.05) is 20.3 Å². The van der Waals surface area contributed by atoms with Crippen molar-refractivity contribution in [3.63, 3.8) is 0 Å². The zero-order valence-corrected chi connectivity index (χ0v) is 5.26. The SMILES string of the molecule is C=CN(C)/N=C\NC. The topological polar surface area (TPSA) is 27.6 Å². The molecule has 0 heterocycles. The van der Waals surface area contributed by atoms with Crippen molar-refractivity contribution in [2.24, 2.45) is 5.10 Å². The van der Waals surface area contributed by atoms with Crippen molar-refractivity contribution < 1.29 is 0 Å². The summed E-state index contributed by atoms with van der Waals surface area (Å²) in [5.41, 5.74) is 0. The van der Waals surface area contributed by atoms with E-state index in [9.17, 15) is 0 Å². The fourth-order valence-electron chi connectivity index (χ4n) is 0.196. The fraction of sp³-hybridized carbons (Fsp3) is 0.400. The molecule has 0 aromatic rings. The molecule has 0 aliphatic heterocycles. The van der Waals surface area contributed by atoms with Crippen molar-refractivity contribution in [1.82, 2.24) is 10.3 Å². The third-order valence-electron chi connectivity index (χ3n) is 0.633. The van der Waals surface area contributed by atoms with E-state index in [1.165, 1.54) is 0 Å². The molecule has 3 nitrogen and oxygen atoms in total. The molecule has 0 aliphatic rings. The lowest BCUT2D eigenvalue weighted by molar-refractivity contribution is 0.492. The summed E-state index contributed by atoms with van der Waals surface area (Å²) in [5.74, 6) is 0. The lowest BCUT2D eigenvalue weighted by Gasteiger charge is -2.02. The van der Waals surface area contributed by atoms with Crippen LogP contribution in [-0.4, -0.2) is 25.4 Å². The van der Waals surface area contributed by atoms with Gasteiger partial charge in [-0.2, -0.15) is 5.10 Å². The predicted octanol–water partition coefficient (Wildman–Crippen LogP) is 0.224. The zero-order valence-electron chi connectivity index (χ0n) is 5.26. The summed E-state index contributed by atoms with van der Waals surface area (Å²) in [7, 11) is 3.60. The van der Waals surface area contributed by atoms with Crippen molar-refractivity contribution in [3.05, 3.63) is 12.8 Å². The Hall–Kier alpha value is -0.990. The van der Waals surface area contributed by atoms with Crippen LogP contribution in [0.15, 0.2) is 17.9 Å². The van der Waals surface area contributed by atoms with Crippen molar-refractivity contribution in [2.75, 3.05) is 14.1 Å². The largest absolute Gasteiger partial charge is 0.378 e. The molecular weight excluding hydrogens is 102 g/mol. The molecule has 46 valence electrons. The molecule has 0 atom stereocenters. The molecule has 0 spiro atoms. The van der Waals surface area contributed by atoms with E-state index in [4.69, 9.17) is 0 Å². The Kier molecular flexibility index (Phi) is 3.66. The minimum Gasteiger partial charge on any atom is -0.378 e. The quantitative estimate of drug-likeness (QED) is 0.322. The summed E-state index contributed by atoms with van der Waals surface area (Å²) >= 11 is 0. The van der Waals surface area contributed by atoms with E-state index in [0.717, 1.165) is 0 Å². The van der Waals surface area contributed by atoms with Crippen LogP contribution < -0.4 is 5.32 Å². The summed E-state index contributed by atoms with van der Waals surface area (Å²) in [6.07, 6.45) is 3.20. The van der Waals surface area contributed by atoms with E-state index in [2.05, 4.69) is 17.0 Å². The first-order valence-electron chi connectivity index (χ1n) is 2.36. The van der Waals surface area contributed by atoms with E-state index < -0.39 is 0 Å². The van der Waals surface area contributed by atoms with Gasteiger partial charge in [-0.05, 0) is 0 Å². The summed E-state index contributed by atoms with van der Waals surface area (Å²) in [5, 5.41) is 8.20. The zero-order chi connectivity index (χ0) is 6.41. The number of nitrogens with one attached hydrogen (secondary N) is 1. The molecule has 8 heavy (non-hydrogen) atoms. The number of hydrazone groups is 1. The normalized spacial score (nSPS) is 9.25. The maximum absolute atomic E-state index is 3.84. The van der Waals surface area contributed by atoms with Crippen molar-refractivity contribution in [3.8, 4) is 0 Å². The Balaban J connectivity index is 3.35. The Bertz CT molecular complexity index is 87.7. The molecule has 0 amide bonds. The van der Waals surface area contributed by atoms with Crippen LogP contribution in [0.4, 0.5) is 0 Å². The van der Waals surface area contributed by atoms with E-state index in [0.29, 0.717) is 0 Å². The van der Waals surface area contributed by atoms with Crippen LogP contribution in [0, 0.1) is 0 Å². The van der Waals surface area contributed by atoms with Crippen LogP contribution in [0.25, 0.3) is 0 Å². The summed E-state index contributed by atoms with van der Waals surface area (Å²) in [4.78, 5) is 0. The molecule has 0 aliphatic carbocycles. The van der Waals surface area contributed by atoms with Gasteiger partial charge in [-0.15, -0.1) is 0 Å². The van der Waals surface area contributed by atoms with Gasteiger partial charge in [0.25, 0.3) is 0 Å². The Labute approximate surface area is 49.7 Å². The fourth-order valence-corrected chi connectivity index (χ4v) is 0.196. The molecule has 0 bridgehead atoms. The number of hydrogen-bond acceptors (Lipinski definition) is 2. The van der Waals surface area contributed by atoms with Gasteiger partial charge in [0.05, 0.1) is 0 Å². The second kappa shape index (κ2) is 4.18. The van der Waals surface area contributed by atoms with Gasteiger partial charge < -0.3 is 5.32 Å². The van der Waals surface area contributed by atoms with Crippen LogP contribution >= 0.6 is 0 Å². The summed E-state index contributed by atoms with van der Waals surface area (Å²) in [6, 6.07) is 0. The van der Waals surface area contributed by atoms with Gasteiger partial charge >= 0.3 is 0 Å². The van der Waals surface area contributed by atoms with Crippen LogP contribution in [0.3, 0.4) is 0 Å². The first-order valence-corrected chi connectivity index (χ1v) is 2.36. The molecule has 0 saturated carbocycles. The molecule has 0 unspecified atom stereocenters. The molecule has 0 aromatic carbocycles. The Morgan fingerprint density at radius 3 is 2.75 bits per heavy atom. The van der Waals surface area contributed by atoms with E-state index in [1.807, 2.05) is 0 Å².